The quantitative estimate of drug-likeness (QED) is 0.320. The summed E-state index contributed by atoms with van der Waals surface area (Å²) in [6, 6.07) is 0. The highest BCUT2D eigenvalue weighted by molar-refractivity contribution is 5.98. The Morgan fingerprint density at radius 1 is 1.53 bits per heavy atom. The molecule has 0 saturated heterocycles. The molecule has 7 nitrogen and oxygen atoms in total. The van der Waals surface area contributed by atoms with Gasteiger partial charge in [0, 0.05) is 12.8 Å². The average molecular weight is 212 g/mol. The van der Waals surface area contributed by atoms with Gasteiger partial charge in [-0.1, -0.05) is 13.8 Å². The van der Waals surface area contributed by atoms with Crippen LogP contribution in [0, 0.1) is 0 Å². The van der Waals surface area contributed by atoms with E-state index in [4.69, 9.17) is 5.84 Å². The molecule has 0 saturated carbocycles. The smallest absolute Gasteiger partial charge is 0.221 e. The third-order valence-corrected chi connectivity index (χ3v) is 1.99. The van der Waals surface area contributed by atoms with E-state index in [0.717, 1.165) is 24.5 Å². The van der Waals surface area contributed by atoms with Crippen LogP contribution in [-0.2, 0) is 4.79 Å². The van der Waals surface area contributed by atoms with Gasteiger partial charge in [-0.25, -0.2) is 15.8 Å². The number of hydrogen-bond acceptors (Lipinski definition) is 6. The Morgan fingerprint density at radius 2 is 2.27 bits per heavy atom. The van der Waals surface area contributed by atoms with Crippen LogP contribution in [0.3, 0.4) is 0 Å². The number of amidine groups is 2. The predicted molar refractivity (Wildman–Crippen MR) is 57.6 cm³/mol. The van der Waals surface area contributed by atoms with Gasteiger partial charge in [-0.3, -0.25) is 15.2 Å². The van der Waals surface area contributed by atoms with Crippen LogP contribution >= 0.6 is 0 Å². The number of carbonyl (C=O) groups excluding carboxylic acids is 1. The lowest BCUT2D eigenvalue weighted by molar-refractivity contribution is -0.110. The summed E-state index contributed by atoms with van der Waals surface area (Å²) < 4.78 is 0. The van der Waals surface area contributed by atoms with Crippen molar-refractivity contribution in [3.63, 3.8) is 0 Å². The fourth-order valence-electron chi connectivity index (χ4n) is 1.22. The molecule has 0 aliphatic carbocycles. The summed E-state index contributed by atoms with van der Waals surface area (Å²) in [5.74, 6) is 7.23. The summed E-state index contributed by atoms with van der Waals surface area (Å²) in [5.41, 5.74) is 4.99. The van der Waals surface area contributed by atoms with Crippen LogP contribution in [0.15, 0.2) is 9.98 Å². The first-order chi connectivity index (χ1) is 7.22. The third kappa shape index (κ3) is 2.74. The van der Waals surface area contributed by atoms with E-state index >= 15 is 0 Å². The van der Waals surface area contributed by atoms with Crippen LogP contribution in [0.5, 0.6) is 0 Å². The van der Waals surface area contributed by atoms with Gasteiger partial charge in [-0.2, -0.15) is 5.43 Å². The Kier molecular flexibility index (Phi) is 4.19. The summed E-state index contributed by atoms with van der Waals surface area (Å²) >= 11 is 0. The highest BCUT2D eigenvalue weighted by Crippen LogP contribution is 2.07. The van der Waals surface area contributed by atoms with Crippen molar-refractivity contribution in [1.29, 1.82) is 0 Å². The average Bonchev–Trinajstić information content (AvgIpc) is 2.27. The lowest BCUT2D eigenvalue weighted by Crippen LogP contribution is -2.57. The molecule has 1 amide bonds. The highest BCUT2D eigenvalue weighted by Gasteiger charge is 2.21. The van der Waals surface area contributed by atoms with Crippen molar-refractivity contribution in [3.05, 3.63) is 0 Å². The van der Waals surface area contributed by atoms with E-state index < -0.39 is 6.29 Å². The predicted octanol–water partition coefficient (Wildman–Crippen LogP) is -0.673. The van der Waals surface area contributed by atoms with E-state index in [9.17, 15) is 4.79 Å². The number of hydrogen-bond donors (Lipinski definition) is 3. The molecule has 84 valence electrons. The maximum atomic E-state index is 10.1. The third-order valence-electron chi connectivity index (χ3n) is 1.99. The van der Waals surface area contributed by atoms with Crippen molar-refractivity contribution in [3.8, 4) is 0 Å². The molecule has 7 heteroatoms. The molecule has 0 aromatic carbocycles. The van der Waals surface area contributed by atoms with Crippen LogP contribution < -0.4 is 16.7 Å². The number of nitrogens with two attached hydrogens (primary N) is 1. The van der Waals surface area contributed by atoms with Gasteiger partial charge in [0.25, 0.3) is 0 Å². The summed E-state index contributed by atoms with van der Waals surface area (Å²) in [6.07, 6.45) is 1.50. The molecule has 0 fully saturated rings. The van der Waals surface area contributed by atoms with E-state index in [1.54, 1.807) is 0 Å². The van der Waals surface area contributed by atoms with E-state index in [2.05, 4.69) is 20.8 Å². The molecule has 1 aliphatic rings. The minimum atomic E-state index is -0.488. The minimum absolute atomic E-state index is 0.488. The van der Waals surface area contributed by atoms with Gasteiger partial charge in [0.1, 0.15) is 11.7 Å². The summed E-state index contributed by atoms with van der Waals surface area (Å²) in [6.45, 7) is 3.92. The Hall–Kier alpha value is -1.47. The second-order valence-electron chi connectivity index (χ2n) is 2.97. The zero-order valence-electron chi connectivity index (χ0n) is 8.90. The molecule has 1 aliphatic heterocycles. The SMILES string of the molecule is CCC1=NC(NNC=O)N(N)C(CC)=N1. The van der Waals surface area contributed by atoms with Crippen molar-refractivity contribution >= 4 is 18.1 Å². The molecule has 15 heavy (non-hydrogen) atoms. The molecule has 0 radical (unpaired) electrons. The molecule has 4 N–H and O–H groups in total. The van der Waals surface area contributed by atoms with Crippen LogP contribution in [-0.4, -0.2) is 29.4 Å². The summed E-state index contributed by atoms with van der Waals surface area (Å²) in [4.78, 5) is 18.6. The molecular weight excluding hydrogens is 196 g/mol. The van der Waals surface area contributed by atoms with E-state index in [0.29, 0.717) is 6.41 Å². The normalized spacial score (nSPS) is 20.7. The lowest BCUT2D eigenvalue weighted by atomic mass is 10.3. The number of nitrogens with zero attached hydrogens (tertiary/aromatic N) is 3. The van der Waals surface area contributed by atoms with Gasteiger partial charge in [-0.15, -0.1) is 0 Å². The molecule has 1 heterocycles. The number of hydrazine groups is 2. The largest absolute Gasteiger partial charge is 0.291 e. The second-order valence-corrected chi connectivity index (χ2v) is 2.97. The fraction of sp³-hybridized carbons (Fsp3) is 0.625. The van der Waals surface area contributed by atoms with Crippen molar-refractivity contribution < 1.29 is 4.79 Å². The molecule has 0 spiro atoms. The van der Waals surface area contributed by atoms with Gasteiger partial charge in [0.2, 0.25) is 12.7 Å². The maximum absolute atomic E-state index is 10.1. The van der Waals surface area contributed by atoms with Crippen molar-refractivity contribution in [2.24, 2.45) is 15.8 Å². The number of rotatable bonds is 5. The van der Waals surface area contributed by atoms with Crippen molar-refractivity contribution in [2.75, 3.05) is 0 Å². The number of carbonyl (C=O) groups is 1. The summed E-state index contributed by atoms with van der Waals surface area (Å²) in [7, 11) is 0. The van der Waals surface area contributed by atoms with E-state index in [1.165, 1.54) is 5.01 Å². The first-order valence-electron chi connectivity index (χ1n) is 4.85. The number of nitrogens with one attached hydrogen (secondary N) is 2. The minimum Gasteiger partial charge on any atom is -0.291 e. The maximum Gasteiger partial charge on any atom is 0.221 e. The lowest BCUT2D eigenvalue weighted by Gasteiger charge is -2.30. The molecule has 1 rings (SSSR count). The Morgan fingerprint density at radius 3 is 2.80 bits per heavy atom. The van der Waals surface area contributed by atoms with E-state index in [-0.39, 0.29) is 0 Å². The zero-order chi connectivity index (χ0) is 11.3. The highest BCUT2D eigenvalue weighted by atomic mass is 16.1. The van der Waals surface area contributed by atoms with Gasteiger partial charge in [0.05, 0.1) is 0 Å². The molecule has 0 aromatic heterocycles. The van der Waals surface area contributed by atoms with Crippen LogP contribution in [0.1, 0.15) is 26.7 Å². The van der Waals surface area contributed by atoms with E-state index in [1.807, 2.05) is 13.8 Å². The molecule has 1 unspecified atom stereocenters. The molecule has 0 bridgehead atoms. The van der Waals surface area contributed by atoms with Gasteiger partial charge in [0.15, 0.2) is 0 Å². The van der Waals surface area contributed by atoms with Crippen LogP contribution in [0.4, 0.5) is 0 Å². The second kappa shape index (κ2) is 5.42. The number of aliphatic imine (C=N–C) groups is 2. The van der Waals surface area contributed by atoms with Crippen LogP contribution in [0.25, 0.3) is 0 Å². The summed E-state index contributed by atoms with van der Waals surface area (Å²) in [5, 5.41) is 1.40. The zero-order valence-corrected chi connectivity index (χ0v) is 8.90. The van der Waals surface area contributed by atoms with Gasteiger partial charge >= 0.3 is 0 Å². The first-order valence-corrected chi connectivity index (χ1v) is 4.85. The fourth-order valence-corrected chi connectivity index (χ4v) is 1.22. The monoisotopic (exact) mass is 212 g/mol. The Bertz CT molecular complexity index is 287. The molecule has 0 aromatic rings. The first kappa shape index (κ1) is 11.6. The molecule has 1 atom stereocenters. The van der Waals surface area contributed by atoms with Crippen LogP contribution in [0.2, 0.25) is 0 Å². The Balaban J connectivity index is 2.76. The Labute approximate surface area is 88.4 Å². The van der Waals surface area contributed by atoms with Gasteiger partial charge < -0.3 is 0 Å². The van der Waals surface area contributed by atoms with Crippen molar-refractivity contribution in [1.82, 2.24) is 15.9 Å². The number of amides is 1. The van der Waals surface area contributed by atoms with Gasteiger partial charge in [-0.05, 0) is 0 Å². The van der Waals surface area contributed by atoms with Crippen molar-refractivity contribution in [2.45, 2.75) is 33.0 Å². The standard InChI is InChI=1S/C8H16N6O/c1-3-6-11-7(4-2)14(9)8(12-6)13-10-5-15/h5,8,13H,3-4,9H2,1-2H3,(H,10,15). The topological polar surface area (TPSA) is 95.1 Å². The molecular formula is C8H16N6O.